The Hall–Kier alpha value is -6.13. The van der Waals surface area contributed by atoms with E-state index < -0.39 is 18.1 Å². The van der Waals surface area contributed by atoms with Crippen molar-refractivity contribution in [3.05, 3.63) is 64.8 Å². The van der Waals surface area contributed by atoms with E-state index in [0.717, 1.165) is 64.0 Å². The molecule has 1 aliphatic carbocycles. The number of rotatable bonds is 16. The lowest BCUT2D eigenvalue weighted by molar-refractivity contribution is -0.137. The largest absolute Gasteiger partial charge is 0.495 e. The first-order valence-electron chi connectivity index (χ1n) is 23.2. The second kappa shape index (κ2) is 21.0. The van der Waals surface area contributed by atoms with Crippen LogP contribution in [0.15, 0.2) is 42.6 Å². The average molecular weight is 905 g/mol. The maximum atomic E-state index is 13.4. The lowest BCUT2D eigenvalue weighted by atomic mass is 10.0. The Labute approximate surface area is 385 Å². The summed E-state index contributed by atoms with van der Waals surface area (Å²) in [7, 11) is 3.35. The average Bonchev–Trinajstić information content (AvgIpc) is 3.98. The van der Waals surface area contributed by atoms with Crippen LogP contribution in [0.5, 0.6) is 5.75 Å². The molecule has 3 atom stereocenters. The number of nitrogens with zero attached hydrogens (tertiary/aromatic N) is 6. The van der Waals surface area contributed by atoms with Gasteiger partial charge in [-0.1, -0.05) is 37.7 Å². The zero-order valence-corrected chi connectivity index (χ0v) is 37.9. The Kier molecular flexibility index (Phi) is 14.8. The van der Waals surface area contributed by atoms with Crippen molar-refractivity contribution in [1.29, 1.82) is 0 Å². The van der Waals surface area contributed by atoms with Gasteiger partial charge < -0.3 is 50.1 Å². The minimum Gasteiger partial charge on any atom is -0.495 e. The van der Waals surface area contributed by atoms with Gasteiger partial charge >= 0.3 is 0 Å². The number of aliphatic hydroxyl groups is 1. The number of carbonyl (C=O) groups excluding carboxylic acids is 5. The highest BCUT2D eigenvalue weighted by atomic mass is 16.5. The number of likely N-dealkylation sites (N-methyl/N-ethyl adjacent to an activating group) is 1. The van der Waals surface area contributed by atoms with Crippen molar-refractivity contribution in [2.75, 3.05) is 75.2 Å². The Morgan fingerprint density at radius 1 is 1.05 bits per heavy atom. The van der Waals surface area contributed by atoms with Crippen LogP contribution in [0.3, 0.4) is 0 Å². The van der Waals surface area contributed by atoms with Gasteiger partial charge in [-0.3, -0.25) is 29.3 Å². The van der Waals surface area contributed by atoms with E-state index >= 15 is 0 Å². The number of fused-ring (bicyclic) bond motifs is 2. The molecule has 0 radical (unpaired) electrons. The number of amides is 5. The van der Waals surface area contributed by atoms with E-state index in [4.69, 9.17) is 14.5 Å². The minimum atomic E-state index is -0.940. The number of piperidine rings is 2. The summed E-state index contributed by atoms with van der Waals surface area (Å²) < 4.78 is 11.6. The van der Waals surface area contributed by atoms with E-state index in [-0.39, 0.29) is 67.7 Å². The van der Waals surface area contributed by atoms with Crippen LogP contribution in [-0.4, -0.2) is 145 Å². The summed E-state index contributed by atoms with van der Waals surface area (Å²) in [6.07, 6.45) is 7.89. The molecule has 1 saturated carbocycles. The molecule has 18 heteroatoms. The molecule has 2 unspecified atom stereocenters. The quantitative estimate of drug-likeness (QED) is 0.0796. The molecule has 18 nitrogen and oxygen atoms in total. The highest BCUT2D eigenvalue weighted by molar-refractivity contribution is 6.06. The molecule has 5 aliphatic rings. The second-order valence-corrected chi connectivity index (χ2v) is 17.5. The first-order chi connectivity index (χ1) is 32.0. The van der Waals surface area contributed by atoms with Crippen molar-refractivity contribution < 1.29 is 38.6 Å². The summed E-state index contributed by atoms with van der Waals surface area (Å²) in [4.78, 5) is 81.0. The number of aliphatic hydroxyl groups excluding tert-OH is 1. The molecule has 8 rings (SSSR count). The highest BCUT2D eigenvalue weighted by Gasteiger charge is 2.42. The molecular weight excluding hydrogens is 845 g/mol. The van der Waals surface area contributed by atoms with Gasteiger partial charge in [0, 0.05) is 81.5 Å². The molecule has 3 fully saturated rings. The molecule has 66 heavy (non-hydrogen) atoms. The number of hydrogen-bond donors (Lipinski definition) is 5. The summed E-state index contributed by atoms with van der Waals surface area (Å²) in [5.41, 5.74) is 3.62. The van der Waals surface area contributed by atoms with Crippen molar-refractivity contribution in [1.82, 2.24) is 35.7 Å². The van der Waals surface area contributed by atoms with E-state index in [1.807, 2.05) is 6.92 Å². The third-order valence-electron chi connectivity index (χ3n) is 13.3. The number of imide groups is 1. The number of ether oxygens (including phenoxy) is 2. The Bertz CT molecular complexity index is 2370. The summed E-state index contributed by atoms with van der Waals surface area (Å²) in [6, 6.07) is 9.84. The Morgan fingerprint density at radius 3 is 2.61 bits per heavy atom. The molecule has 4 aliphatic heterocycles. The van der Waals surface area contributed by atoms with E-state index in [2.05, 4.69) is 47.9 Å². The van der Waals surface area contributed by atoms with Gasteiger partial charge in [0.25, 0.3) is 11.8 Å². The molecule has 1 aromatic heterocycles. The van der Waals surface area contributed by atoms with Crippen LogP contribution < -0.4 is 35.8 Å². The number of benzene rings is 2. The lowest BCUT2D eigenvalue weighted by Gasteiger charge is -2.43. The topological polar surface area (TPSA) is 211 Å². The van der Waals surface area contributed by atoms with E-state index in [0.29, 0.717) is 71.5 Å². The lowest BCUT2D eigenvalue weighted by Crippen LogP contribution is -2.55. The standard InChI is InChI=1S/C48H60N10O8/c1-4-38-47(64)55(2)40-28-50-48(54-43(40)58(38)33-9-5-6-10-33)52-37-15-13-31(26-41(37)65-3)44(61)51-32-18-21-56(22-19-32)23-25-66-24-20-49-27-34(59)14-12-30-8-7-11-35-36(30)29-57(46(35)63)39-16-17-42(60)53-45(39)62/h7-8,11,13,15,26,28,32-34,38-39,49,59H,4-6,9-10,16-25,27,29H2,1-3H3,(H,51,61)(H,50,52,54)(H,53,60,62)/t34?,38-,39?/m1/s1. The van der Waals surface area contributed by atoms with Gasteiger partial charge in [0.1, 0.15) is 29.6 Å². The van der Waals surface area contributed by atoms with Gasteiger partial charge in [0.2, 0.25) is 23.7 Å². The Balaban J connectivity index is 0.734. The fourth-order valence-corrected chi connectivity index (χ4v) is 9.66. The van der Waals surface area contributed by atoms with Crippen molar-refractivity contribution in [3.8, 4) is 17.6 Å². The predicted molar refractivity (Wildman–Crippen MR) is 247 cm³/mol. The van der Waals surface area contributed by atoms with Crippen LogP contribution >= 0.6 is 0 Å². The number of anilines is 4. The molecular formula is C48H60N10O8. The van der Waals surface area contributed by atoms with Crippen LogP contribution in [0.2, 0.25) is 0 Å². The summed E-state index contributed by atoms with van der Waals surface area (Å²) in [5, 5.41) is 22.5. The Morgan fingerprint density at radius 2 is 1.85 bits per heavy atom. The zero-order valence-electron chi connectivity index (χ0n) is 37.9. The monoisotopic (exact) mass is 904 g/mol. The van der Waals surface area contributed by atoms with Gasteiger partial charge in [0.15, 0.2) is 5.82 Å². The number of likely N-dealkylation sites (tertiary alicyclic amines) is 1. The fourth-order valence-electron chi connectivity index (χ4n) is 9.66. The SMILES string of the molecule is CC[C@@H]1C(=O)N(C)c2cnc(Nc3ccc(C(=O)NC4CCN(CCOCCNCC(O)C#Cc5cccc6c5CN(C5CCC(=O)NC5=O)C6=O)CC4)cc3OC)nc2N1C1CCCC1. The molecule has 0 spiro atoms. The number of carbonyl (C=O) groups is 5. The highest BCUT2D eigenvalue weighted by Crippen LogP contribution is 2.40. The summed E-state index contributed by atoms with van der Waals surface area (Å²) in [6.45, 7) is 6.49. The molecule has 5 heterocycles. The normalized spacial score (nSPS) is 20.7. The first kappa shape index (κ1) is 46.4. The van der Waals surface area contributed by atoms with Gasteiger partial charge in [-0.15, -0.1) is 0 Å². The number of aromatic nitrogens is 2. The van der Waals surface area contributed by atoms with Crippen LogP contribution in [0.1, 0.15) is 96.6 Å². The van der Waals surface area contributed by atoms with Crippen molar-refractivity contribution in [2.24, 2.45) is 0 Å². The van der Waals surface area contributed by atoms with Gasteiger partial charge in [-0.25, -0.2) is 4.98 Å². The number of methoxy groups -OCH3 is 1. The van der Waals surface area contributed by atoms with Gasteiger partial charge in [-0.2, -0.15) is 4.98 Å². The van der Waals surface area contributed by atoms with Crippen molar-refractivity contribution in [3.63, 3.8) is 0 Å². The molecule has 350 valence electrons. The smallest absolute Gasteiger partial charge is 0.255 e. The predicted octanol–water partition coefficient (Wildman–Crippen LogP) is 2.71. The summed E-state index contributed by atoms with van der Waals surface area (Å²) >= 11 is 0. The van der Waals surface area contributed by atoms with Gasteiger partial charge in [-0.05, 0) is 74.4 Å². The van der Waals surface area contributed by atoms with E-state index in [1.165, 1.54) is 4.90 Å². The molecule has 5 N–H and O–H groups in total. The van der Waals surface area contributed by atoms with Crippen LogP contribution in [0.4, 0.5) is 23.1 Å². The molecule has 3 aromatic rings. The molecule has 5 amide bonds. The van der Waals surface area contributed by atoms with Crippen LogP contribution in [0.25, 0.3) is 0 Å². The third kappa shape index (κ3) is 10.3. The number of nitrogens with one attached hydrogen (secondary N) is 4. The van der Waals surface area contributed by atoms with E-state index in [1.54, 1.807) is 61.7 Å². The van der Waals surface area contributed by atoms with Crippen molar-refractivity contribution >= 4 is 52.7 Å². The maximum absolute atomic E-state index is 13.4. The second-order valence-electron chi connectivity index (χ2n) is 17.5. The first-order valence-corrected chi connectivity index (χ1v) is 23.2. The molecule has 0 bridgehead atoms. The maximum Gasteiger partial charge on any atom is 0.255 e. The molecule has 2 aromatic carbocycles. The van der Waals surface area contributed by atoms with Gasteiger partial charge in [0.05, 0.1) is 32.2 Å². The van der Waals surface area contributed by atoms with Crippen LogP contribution in [0, 0.1) is 11.8 Å². The van der Waals surface area contributed by atoms with E-state index in [9.17, 15) is 29.1 Å². The molecule has 2 saturated heterocycles. The number of hydrogen-bond acceptors (Lipinski definition) is 14. The zero-order chi connectivity index (χ0) is 46.3. The third-order valence-corrected chi connectivity index (χ3v) is 13.3. The minimum absolute atomic E-state index is 0.0405. The van der Waals surface area contributed by atoms with Crippen molar-refractivity contribution in [2.45, 2.75) is 102 Å². The van der Waals surface area contributed by atoms with Crippen LogP contribution in [-0.2, 0) is 25.7 Å². The summed E-state index contributed by atoms with van der Waals surface area (Å²) in [5.74, 6) is 6.31. The fraction of sp³-hybridized carbons (Fsp3) is 0.521.